The first-order valence-electron chi connectivity index (χ1n) is 6.21. The summed E-state index contributed by atoms with van der Waals surface area (Å²) in [6.07, 6.45) is 0.303. The molecule has 0 saturated carbocycles. The summed E-state index contributed by atoms with van der Waals surface area (Å²) in [7, 11) is -0.683. The number of rotatable bonds is 7. The van der Waals surface area contributed by atoms with Crippen molar-refractivity contribution in [2.45, 2.75) is 19.4 Å². The molecule has 0 heterocycles. The molecular formula is C13H17Cl2NO4S. The number of benzene rings is 1. The lowest BCUT2D eigenvalue weighted by atomic mass is 10.2. The zero-order chi connectivity index (χ0) is 16.0. The van der Waals surface area contributed by atoms with Gasteiger partial charge in [-0.25, -0.2) is 12.7 Å². The largest absolute Gasteiger partial charge is 0.469 e. The Kier molecular flexibility index (Phi) is 6.93. The number of ether oxygens (including phenoxy) is 1. The van der Waals surface area contributed by atoms with E-state index in [4.69, 9.17) is 23.2 Å². The molecule has 0 aliphatic rings. The Labute approximate surface area is 134 Å². The Hall–Kier alpha value is -0.820. The predicted octanol–water partition coefficient (Wildman–Crippen LogP) is 2.71. The molecule has 8 heteroatoms. The first kappa shape index (κ1) is 18.2. The molecule has 0 aliphatic heterocycles. The fourth-order valence-corrected chi connectivity index (χ4v) is 3.14. The number of hydrogen-bond donors (Lipinski definition) is 0. The van der Waals surface area contributed by atoms with Crippen LogP contribution in [-0.4, -0.2) is 38.6 Å². The third-order valence-electron chi connectivity index (χ3n) is 2.87. The summed E-state index contributed by atoms with van der Waals surface area (Å²) in [6.45, 7) is 0.192. The molecule has 0 spiro atoms. The van der Waals surface area contributed by atoms with E-state index in [0.29, 0.717) is 10.0 Å². The molecule has 21 heavy (non-hydrogen) atoms. The van der Waals surface area contributed by atoms with E-state index in [1.807, 2.05) is 0 Å². The molecule has 0 saturated heterocycles. The lowest BCUT2D eigenvalue weighted by Crippen LogP contribution is -2.29. The van der Waals surface area contributed by atoms with E-state index in [-0.39, 0.29) is 25.1 Å². The zero-order valence-corrected chi connectivity index (χ0v) is 14.1. The third kappa shape index (κ3) is 5.82. The van der Waals surface area contributed by atoms with Crippen LogP contribution in [0.5, 0.6) is 0 Å². The molecule has 0 bridgehead atoms. The Balaban J connectivity index is 2.62. The van der Waals surface area contributed by atoms with E-state index >= 15 is 0 Å². The summed E-state index contributed by atoms with van der Waals surface area (Å²) >= 11 is 11.7. The highest BCUT2D eigenvalue weighted by atomic mass is 35.5. The topological polar surface area (TPSA) is 63.7 Å². The molecule has 0 aromatic heterocycles. The number of nitrogens with zero attached hydrogens (tertiary/aromatic N) is 1. The van der Waals surface area contributed by atoms with Crippen molar-refractivity contribution in [2.24, 2.45) is 0 Å². The van der Waals surface area contributed by atoms with Crippen LogP contribution in [0.1, 0.15) is 18.4 Å². The summed E-state index contributed by atoms with van der Waals surface area (Å²) in [5.41, 5.74) is 0.739. The number of methoxy groups -OCH3 is 1. The molecule has 5 nitrogen and oxygen atoms in total. The number of carbonyl (C=O) groups excluding carboxylic acids is 1. The highest BCUT2D eigenvalue weighted by Crippen LogP contribution is 2.23. The number of hydrogen-bond acceptors (Lipinski definition) is 4. The maximum absolute atomic E-state index is 12.1. The van der Waals surface area contributed by atoms with E-state index in [9.17, 15) is 13.2 Å². The van der Waals surface area contributed by atoms with Crippen LogP contribution in [0, 0.1) is 0 Å². The average Bonchev–Trinajstić information content (AvgIpc) is 2.42. The number of halogens is 2. The molecule has 0 atom stereocenters. The minimum Gasteiger partial charge on any atom is -0.469 e. The van der Waals surface area contributed by atoms with Gasteiger partial charge >= 0.3 is 5.97 Å². The van der Waals surface area contributed by atoms with Gasteiger partial charge in [0, 0.05) is 20.0 Å². The maximum Gasteiger partial charge on any atom is 0.305 e. The fraction of sp³-hybridized carbons (Fsp3) is 0.462. The molecule has 1 rings (SSSR count). The molecule has 0 aliphatic carbocycles. The first-order chi connectivity index (χ1) is 9.76. The van der Waals surface area contributed by atoms with Gasteiger partial charge in [0.25, 0.3) is 0 Å². The molecule has 0 radical (unpaired) electrons. The molecule has 0 N–H and O–H groups in total. The molecule has 0 amide bonds. The highest BCUT2D eigenvalue weighted by molar-refractivity contribution is 7.89. The first-order valence-corrected chi connectivity index (χ1v) is 8.57. The van der Waals surface area contributed by atoms with E-state index < -0.39 is 16.0 Å². The van der Waals surface area contributed by atoms with Gasteiger partial charge in [0.15, 0.2) is 0 Å². The summed E-state index contributed by atoms with van der Waals surface area (Å²) in [5.74, 6) is -0.530. The molecular weight excluding hydrogens is 337 g/mol. The van der Waals surface area contributed by atoms with Crippen molar-refractivity contribution in [3.05, 3.63) is 33.8 Å². The van der Waals surface area contributed by atoms with Crippen LogP contribution < -0.4 is 0 Å². The minimum absolute atomic E-state index is 0.0797. The number of carbonyl (C=O) groups is 1. The van der Waals surface area contributed by atoms with Crippen LogP contribution in [0.3, 0.4) is 0 Å². The third-order valence-corrected chi connectivity index (χ3v) is 5.50. The van der Waals surface area contributed by atoms with Gasteiger partial charge in [-0.1, -0.05) is 29.3 Å². The summed E-state index contributed by atoms with van der Waals surface area (Å²) < 4.78 is 29.8. The normalized spacial score (nSPS) is 11.7. The van der Waals surface area contributed by atoms with Gasteiger partial charge in [-0.05, 0) is 24.1 Å². The number of sulfonamides is 1. The van der Waals surface area contributed by atoms with Crippen molar-refractivity contribution < 1.29 is 17.9 Å². The second kappa shape index (κ2) is 7.98. The van der Waals surface area contributed by atoms with Crippen molar-refractivity contribution >= 4 is 39.2 Å². The van der Waals surface area contributed by atoms with Gasteiger partial charge in [0.05, 0.1) is 22.9 Å². The van der Waals surface area contributed by atoms with Gasteiger partial charge in [0.2, 0.25) is 10.0 Å². The quantitative estimate of drug-likeness (QED) is 0.707. The van der Waals surface area contributed by atoms with Crippen molar-refractivity contribution in [1.82, 2.24) is 4.31 Å². The van der Waals surface area contributed by atoms with Crippen LogP contribution in [0.2, 0.25) is 10.0 Å². The van der Waals surface area contributed by atoms with Crippen LogP contribution in [0.15, 0.2) is 18.2 Å². The molecule has 0 unspecified atom stereocenters. The monoisotopic (exact) mass is 353 g/mol. The van der Waals surface area contributed by atoms with Gasteiger partial charge in [-0.3, -0.25) is 4.79 Å². The van der Waals surface area contributed by atoms with E-state index in [1.54, 1.807) is 18.2 Å². The average molecular weight is 354 g/mol. The predicted molar refractivity (Wildman–Crippen MR) is 83.0 cm³/mol. The summed E-state index contributed by atoms with van der Waals surface area (Å²) in [5, 5.41) is 0.801. The van der Waals surface area contributed by atoms with E-state index in [2.05, 4.69) is 4.74 Å². The Bertz CT molecular complexity index is 604. The number of esters is 1. The zero-order valence-electron chi connectivity index (χ0n) is 11.8. The minimum atomic E-state index is -3.44. The standard InChI is InChI=1S/C13H17Cl2NO4S/c1-16(9-10-5-6-11(14)12(15)8-10)21(18,19)7-3-4-13(17)20-2/h5-6,8H,3-4,7,9H2,1-2H3. The molecule has 118 valence electrons. The lowest BCUT2D eigenvalue weighted by molar-refractivity contribution is -0.140. The smallest absolute Gasteiger partial charge is 0.305 e. The lowest BCUT2D eigenvalue weighted by Gasteiger charge is -2.17. The second-order valence-corrected chi connectivity index (χ2v) is 7.51. The van der Waals surface area contributed by atoms with Gasteiger partial charge in [-0.2, -0.15) is 0 Å². The maximum atomic E-state index is 12.1. The Morgan fingerprint density at radius 1 is 1.29 bits per heavy atom. The van der Waals surface area contributed by atoms with Crippen LogP contribution >= 0.6 is 23.2 Å². The van der Waals surface area contributed by atoms with E-state index in [1.165, 1.54) is 18.5 Å². The summed E-state index contributed by atoms with van der Waals surface area (Å²) in [4.78, 5) is 11.0. The Morgan fingerprint density at radius 3 is 2.52 bits per heavy atom. The van der Waals surface area contributed by atoms with Crippen molar-refractivity contribution in [1.29, 1.82) is 0 Å². The van der Waals surface area contributed by atoms with Crippen LogP contribution in [-0.2, 0) is 26.1 Å². The molecule has 1 aromatic carbocycles. The SMILES string of the molecule is COC(=O)CCCS(=O)(=O)N(C)Cc1ccc(Cl)c(Cl)c1. The van der Waals surface area contributed by atoms with Crippen LogP contribution in [0.25, 0.3) is 0 Å². The fourth-order valence-electron chi connectivity index (χ4n) is 1.65. The van der Waals surface area contributed by atoms with Crippen molar-refractivity contribution in [3.63, 3.8) is 0 Å². The second-order valence-electron chi connectivity index (χ2n) is 4.50. The Morgan fingerprint density at radius 2 is 1.95 bits per heavy atom. The van der Waals surface area contributed by atoms with Gasteiger partial charge in [0.1, 0.15) is 0 Å². The van der Waals surface area contributed by atoms with Crippen molar-refractivity contribution in [3.8, 4) is 0 Å². The van der Waals surface area contributed by atoms with Crippen molar-refractivity contribution in [2.75, 3.05) is 19.9 Å². The highest BCUT2D eigenvalue weighted by Gasteiger charge is 2.18. The van der Waals surface area contributed by atoms with Crippen LogP contribution in [0.4, 0.5) is 0 Å². The van der Waals surface area contributed by atoms with E-state index in [0.717, 1.165) is 5.56 Å². The molecule has 0 fully saturated rings. The summed E-state index contributed by atoms with van der Waals surface area (Å²) in [6, 6.07) is 4.97. The molecule has 1 aromatic rings. The van der Waals surface area contributed by atoms with Gasteiger partial charge in [-0.15, -0.1) is 0 Å². The van der Waals surface area contributed by atoms with Gasteiger partial charge < -0.3 is 4.74 Å².